The van der Waals surface area contributed by atoms with E-state index in [4.69, 9.17) is 5.11 Å². The van der Waals surface area contributed by atoms with Gasteiger partial charge in [0.15, 0.2) is 0 Å². The van der Waals surface area contributed by atoms with Gasteiger partial charge in [0.05, 0.1) is 5.00 Å². The van der Waals surface area contributed by atoms with Crippen molar-refractivity contribution in [2.24, 2.45) is 5.92 Å². The van der Waals surface area contributed by atoms with Crippen molar-refractivity contribution in [2.75, 3.05) is 5.32 Å². The van der Waals surface area contributed by atoms with Crippen molar-refractivity contribution in [3.8, 4) is 0 Å². The number of hydrogen-bond donors (Lipinski definition) is 2. The van der Waals surface area contributed by atoms with Gasteiger partial charge in [-0.3, -0.25) is 4.79 Å². The Bertz CT molecular complexity index is 599. The van der Waals surface area contributed by atoms with Crippen molar-refractivity contribution in [3.63, 3.8) is 0 Å². The lowest BCUT2D eigenvalue weighted by Gasteiger charge is -2.15. The Balaban J connectivity index is 2.07. The van der Waals surface area contributed by atoms with Crippen LogP contribution < -0.4 is 5.32 Å². The SMILES string of the molecule is CCCCCCCCCCCCCCCCC(CCC)C(=O)Nc1ccc(C(=O)O)s1. The van der Waals surface area contributed by atoms with Crippen LogP contribution in [0.15, 0.2) is 12.1 Å². The Labute approximate surface area is 194 Å². The summed E-state index contributed by atoms with van der Waals surface area (Å²) in [6.45, 7) is 4.38. The van der Waals surface area contributed by atoms with Gasteiger partial charge in [-0.2, -0.15) is 0 Å². The highest BCUT2D eigenvalue weighted by Gasteiger charge is 2.18. The van der Waals surface area contributed by atoms with Gasteiger partial charge in [-0.15, -0.1) is 11.3 Å². The zero-order valence-corrected chi connectivity index (χ0v) is 20.7. The number of hydrogen-bond acceptors (Lipinski definition) is 3. The van der Waals surface area contributed by atoms with Crippen LogP contribution in [0, 0.1) is 5.92 Å². The number of carbonyl (C=O) groups excluding carboxylic acids is 1. The van der Waals surface area contributed by atoms with Gasteiger partial charge in [0, 0.05) is 5.92 Å². The van der Waals surface area contributed by atoms with Crippen molar-refractivity contribution in [2.45, 2.75) is 123 Å². The number of rotatable bonds is 20. The summed E-state index contributed by atoms with van der Waals surface area (Å²) < 4.78 is 0. The van der Waals surface area contributed by atoms with E-state index in [-0.39, 0.29) is 16.7 Å². The molecular weight excluding hydrogens is 406 g/mol. The molecular formula is C26H45NO3S. The molecule has 1 amide bonds. The number of carbonyl (C=O) groups is 2. The first-order valence-electron chi connectivity index (χ1n) is 12.7. The molecule has 5 heteroatoms. The van der Waals surface area contributed by atoms with Crippen LogP contribution in [0.5, 0.6) is 0 Å². The van der Waals surface area contributed by atoms with E-state index in [1.54, 1.807) is 12.1 Å². The standard InChI is InChI=1S/C26H45NO3S/c1-3-5-6-7-8-9-10-11-12-13-14-15-16-17-19-22(18-4-2)25(28)27-24-21-20-23(31-24)26(29)30/h20-22H,3-19H2,1-2H3,(H,27,28)(H,29,30). The molecule has 0 fully saturated rings. The predicted octanol–water partition coefficient (Wildman–Crippen LogP) is 8.67. The van der Waals surface area contributed by atoms with Gasteiger partial charge < -0.3 is 10.4 Å². The Morgan fingerprint density at radius 2 is 1.29 bits per heavy atom. The first-order chi connectivity index (χ1) is 15.1. The molecule has 0 saturated heterocycles. The predicted molar refractivity (Wildman–Crippen MR) is 133 cm³/mol. The van der Waals surface area contributed by atoms with Gasteiger partial charge in [-0.05, 0) is 25.0 Å². The van der Waals surface area contributed by atoms with Crippen LogP contribution >= 0.6 is 11.3 Å². The fraction of sp³-hybridized carbons (Fsp3) is 0.769. The van der Waals surface area contributed by atoms with Gasteiger partial charge >= 0.3 is 5.97 Å². The van der Waals surface area contributed by atoms with Gasteiger partial charge in [0.25, 0.3) is 0 Å². The third kappa shape index (κ3) is 13.6. The van der Waals surface area contributed by atoms with Crippen LogP contribution in [0.1, 0.15) is 133 Å². The average molecular weight is 452 g/mol. The lowest BCUT2D eigenvalue weighted by atomic mass is 9.95. The minimum absolute atomic E-state index is 0.0257. The molecule has 0 aliphatic heterocycles. The molecule has 0 aliphatic rings. The number of unbranched alkanes of at least 4 members (excludes halogenated alkanes) is 13. The molecule has 1 aromatic heterocycles. The fourth-order valence-electron chi connectivity index (χ4n) is 4.08. The molecule has 1 atom stereocenters. The zero-order chi connectivity index (χ0) is 22.7. The summed E-state index contributed by atoms with van der Waals surface area (Å²) in [4.78, 5) is 23.8. The number of aromatic carboxylic acids is 1. The van der Waals surface area contributed by atoms with Crippen LogP contribution in [0.25, 0.3) is 0 Å². The molecule has 0 saturated carbocycles. The quantitative estimate of drug-likeness (QED) is 0.195. The molecule has 0 radical (unpaired) electrons. The first-order valence-corrected chi connectivity index (χ1v) is 13.5. The molecule has 1 heterocycles. The lowest BCUT2D eigenvalue weighted by Crippen LogP contribution is -2.22. The largest absolute Gasteiger partial charge is 0.477 e. The highest BCUT2D eigenvalue weighted by molar-refractivity contribution is 7.18. The third-order valence-electron chi connectivity index (χ3n) is 5.98. The molecule has 1 aromatic rings. The molecule has 0 bridgehead atoms. The van der Waals surface area contributed by atoms with Crippen LogP contribution in [0.2, 0.25) is 0 Å². The van der Waals surface area contributed by atoms with Gasteiger partial charge in [0.1, 0.15) is 4.88 Å². The van der Waals surface area contributed by atoms with E-state index in [9.17, 15) is 9.59 Å². The smallest absolute Gasteiger partial charge is 0.345 e. The Kier molecular flexibility index (Phi) is 16.3. The Hall–Kier alpha value is -1.36. The summed E-state index contributed by atoms with van der Waals surface area (Å²) in [5.41, 5.74) is 0. The van der Waals surface area contributed by atoms with Gasteiger partial charge in [-0.25, -0.2) is 4.79 Å². The minimum atomic E-state index is -0.946. The van der Waals surface area contributed by atoms with Crippen molar-refractivity contribution < 1.29 is 14.7 Å². The highest BCUT2D eigenvalue weighted by atomic mass is 32.1. The lowest BCUT2D eigenvalue weighted by molar-refractivity contribution is -0.120. The average Bonchev–Trinajstić information content (AvgIpc) is 3.22. The monoisotopic (exact) mass is 451 g/mol. The molecule has 2 N–H and O–H groups in total. The number of amides is 1. The summed E-state index contributed by atoms with van der Waals surface area (Å²) in [6.07, 6.45) is 21.6. The van der Waals surface area contributed by atoms with E-state index < -0.39 is 5.97 Å². The second kappa shape index (κ2) is 18.2. The second-order valence-corrected chi connectivity index (χ2v) is 9.91. The van der Waals surface area contributed by atoms with E-state index in [0.717, 1.165) is 37.0 Å². The molecule has 0 aromatic carbocycles. The zero-order valence-electron chi connectivity index (χ0n) is 19.9. The minimum Gasteiger partial charge on any atom is -0.477 e. The second-order valence-electron chi connectivity index (χ2n) is 8.83. The first kappa shape index (κ1) is 27.7. The molecule has 178 valence electrons. The van der Waals surface area contributed by atoms with E-state index in [1.165, 1.54) is 83.5 Å². The Morgan fingerprint density at radius 3 is 1.74 bits per heavy atom. The summed E-state index contributed by atoms with van der Waals surface area (Å²) >= 11 is 1.12. The van der Waals surface area contributed by atoms with E-state index in [2.05, 4.69) is 19.2 Å². The summed E-state index contributed by atoms with van der Waals surface area (Å²) in [5, 5.41) is 12.6. The summed E-state index contributed by atoms with van der Waals surface area (Å²) in [5.74, 6) is -0.883. The van der Waals surface area contributed by atoms with Crippen LogP contribution in [0.4, 0.5) is 5.00 Å². The normalized spacial score (nSPS) is 12.1. The van der Waals surface area contributed by atoms with E-state index >= 15 is 0 Å². The number of carboxylic acids is 1. The van der Waals surface area contributed by atoms with Gasteiger partial charge in [-0.1, -0.05) is 110 Å². The number of carboxylic acid groups (broad SMARTS) is 1. The third-order valence-corrected chi connectivity index (χ3v) is 6.97. The molecule has 0 aliphatic carbocycles. The van der Waals surface area contributed by atoms with E-state index in [1.807, 2.05) is 0 Å². The maximum atomic E-state index is 12.6. The molecule has 1 unspecified atom stereocenters. The fourth-order valence-corrected chi connectivity index (χ4v) is 4.83. The maximum Gasteiger partial charge on any atom is 0.345 e. The van der Waals surface area contributed by atoms with E-state index in [0.29, 0.717) is 5.00 Å². The summed E-state index contributed by atoms with van der Waals surface area (Å²) in [7, 11) is 0. The highest BCUT2D eigenvalue weighted by Crippen LogP contribution is 2.25. The topological polar surface area (TPSA) is 66.4 Å². The maximum absolute atomic E-state index is 12.6. The molecule has 4 nitrogen and oxygen atoms in total. The molecule has 31 heavy (non-hydrogen) atoms. The van der Waals surface area contributed by atoms with Gasteiger partial charge in [0.2, 0.25) is 5.91 Å². The number of nitrogens with one attached hydrogen (secondary N) is 1. The van der Waals surface area contributed by atoms with Crippen molar-refractivity contribution in [1.82, 2.24) is 0 Å². The van der Waals surface area contributed by atoms with Crippen LogP contribution in [-0.2, 0) is 4.79 Å². The van der Waals surface area contributed by atoms with Crippen molar-refractivity contribution >= 4 is 28.2 Å². The van der Waals surface area contributed by atoms with Crippen molar-refractivity contribution in [3.05, 3.63) is 17.0 Å². The number of anilines is 1. The van der Waals surface area contributed by atoms with Crippen molar-refractivity contribution in [1.29, 1.82) is 0 Å². The number of thiophene rings is 1. The van der Waals surface area contributed by atoms with Crippen LogP contribution in [-0.4, -0.2) is 17.0 Å². The van der Waals surface area contributed by atoms with Crippen LogP contribution in [0.3, 0.4) is 0 Å². The summed E-state index contributed by atoms with van der Waals surface area (Å²) in [6, 6.07) is 3.23. The molecule has 0 spiro atoms. The molecule has 1 rings (SSSR count). The Morgan fingerprint density at radius 1 is 0.774 bits per heavy atom.